The fourth-order valence-electron chi connectivity index (χ4n) is 2.28. The first-order valence-corrected chi connectivity index (χ1v) is 8.88. The van der Waals surface area contributed by atoms with Crippen LogP contribution in [0.25, 0.3) is 0 Å². The van der Waals surface area contributed by atoms with Gasteiger partial charge in [0.05, 0.1) is 4.90 Å². The molecule has 0 aromatic carbocycles. The van der Waals surface area contributed by atoms with Crippen molar-refractivity contribution in [2.45, 2.75) is 57.6 Å². The van der Waals surface area contributed by atoms with Crippen LogP contribution < -0.4 is 10.0 Å². The Kier molecular flexibility index (Phi) is 4.88. The van der Waals surface area contributed by atoms with Crippen molar-refractivity contribution in [3.8, 4) is 0 Å². The molecular formula is C14H25N3O2S. The summed E-state index contributed by atoms with van der Waals surface area (Å²) in [5, 5.41) is 3.25. The van der Waals surface area contributed by atoms with Gasteiger partial charge in [-0.05, 0) is 31.4 Å². The van der Waals surface area contributed by atoms with Crippen molar-refractivity contribution in [2.24, 2.45) is 5.92 Å². The molecule has 0 aliphatic heterocycles. The maximum Gasteiger partial charge on any atom is 0.242 e. The topological polar surface area (TPSA) is 63.1 Å². The van der Waals surface area contributed by atoms with Gasteiger partial charge in [0.15, 0.2) is 0 Å². The van der Waals surface area contributed by atoms with Gasteiger partial charge in [0, 0.05) is 31.0 Å². The molecule has 1 aliphatic rings. The standard InChI is InChI=1S/C14H25N3O2S/c1-4-6-17-10-13(8-12(17)9-15-5-2)20(18,19)16-14-7-11(14)3/h8,10-11,14-16H,4-7,9H2,1-3H3. The molecule has 5 nitrogen and oxygen atoms in total. The molecule has 1 aromatic rings. The molecule has 2 atom stereocenters. The Balaban J connectivity index is 2.18. The maximum absolute atomic E-state index is 12.3. The highest BCUT2D eigenvalue weighted by Gasteiger charge is 2.36. The van der Waals surface area contributed by atoms with Crippen molar-refractivity contribution in [3.05, 3.63) is 18.0 Å². The quantitative estimate of drug-likeness (QED) is 0.768. The van der Waals surface area contributed by atoms with E-state index in [0.29, 0.717) is 17.4 Å². The minimum Gasteiger partial charge on any atom is -0.349 e. The Labute approximate surface area is 121 Å². The van der Waals surface area contributed by atoms with E-state index in [-0.39, 0.29) is 6.04 Å². The van der Waals surface area contributed by atoms with Gasteiger partial charge in [-0.1, -0.05) is 20.8 Å². The van der Waals surface area contributed by atoms with E-state index in [2.05, 4.69) is 23.9 Å². The summed E-state index contributed by atoms with van der Waals surface area (Å²) in [4.78, 5) is 0.387. The predicted molar refractivity (Wildman–Crippen MR) is 80.0 cm³/mol. The number of sulfonamides is 1. The van der Waals surface area contributed by atoms with Gasteiger partial charge in [0.2, 0.25) is 10.0 Å². The zero-order chi connectivity index (χ0) is 14.8. The van der Waals surface area contributed by atoms with Crippen molar-refractivity contribution in [1.82, 2.24) is 14.6 Å². The van der Waals surface area contributed by atoms with Crippen LogP contribution >= 0.6 is 0 Å². The molecule has 1 fully saturated rings. The molecule has 1 saturated carbocycles. The van der Waals surface area contributed by atoms with Crippen LogP contribution in [0.15, 0.2) is 17.2 Å². The van der Waals surface area contributed by atoms with Gasteiger partial charge in [-0.25, -0.2) is 13.1 Å². The van der Waals surface area contributed by atoms with E-state index < -0.39 is 10.0 Å². The smallest absolute Gasteiger partial charge is 0.242 e. The van der Waals surface area contributed by atoms with E-state index in [4.69, 9.17) is 0 Å². The third kappa shape index (κ3) is 3.62. The summed E-state index contributed by atoms with van der Waals surface area (Å²) in [5.41, 5.74) is 1.03. The lowest BCUT2D eigenvalue weighted by atomic mass is 10.4. The molecule has 1 heterocycles. The van der Waals surface area contributed by atoms with Crippen LogP contribution in [0.4, 0.5) is 0 Å². The second kappa shape index (κ2) is 6.28. The summed E-state index contributed by atoms with van der Waals surface area (Å²) < 4.78 is 29.5. The average Bonchev–Trinajstić information content (AvgIpc) is 2.90. The highest BCUT2D eigenvalue weighted by atomic mass is 32.2. The van der Waals surface area contributed by atoms with Crippen molar-refractivity contribution < 1.29 is 8.42 Å². The number of aryl methyl sites for hydroxylation is 1. The molecule has 2 N–H and O–H groups in total. The number of rotatable bonds is 8. The van der Waals surface area contributed by atoms with Gasteiger partial charge in [-0.3, -0.25) is 0 Å². The molecule has 20 heavy (non-hydrogen) atoms. The van der Waals surface area contributed by atoms with Gasteiger partial charge in [0.25, 0.3) is 0 Å². The van der Waals surface area contributed by atoms with Gasteiger partial charge in [-0.15, -0.1) is 0 Å². The van der Waals surface area contributed by atoms with Gasteiger partial charge in [0.1, 0.15) is 0 Å². The van der Waals surface area contributed by atoms with E-state index in [1.54, 1.807) is 12.3 Å². The van der Waals surface area contributed by atoms with Crippen molar-refractivity contribution in [2.75, 3.05) is 6.54 Å². The van der Waals surface area contributed by atoms with Gasteiger partial charge < -0.3 is 9.88 Å². The highest BCUT2D eigenvalue weighted by Crippen LogP contribution is 2.31. The van der Waals surface area contributed by atoms with E-state index in [1.165, 1.54) is 0 Å². The van der Waals surface area contributed by atoms with E-state index in [1.807, 2.05) is 11.5 Å². The number of aromatic nitrogens is 1. The second-order valence-electron chi connectivity index (χ2n) is 5.58. The fourth-order valence-corrected chi connectivity index (χ4v) is 3.70. The SMILES string of the molecule is CCCn1cc(S(=O)(=O)NC2CC2C)cc1CNCC. The molecular weight excluding hydrogens is 274 g/mol. The molecule has 0 amide bonds. The molecule has 1 aromatic heterocycles. The molecule has 0 bridgehead atoms. The number of nitrogens with zero attached hydrogens (tertiary/aromatic N) is 1. The van der Waals surface area contributed by atoms with Crippen LogP contribution in [-0.2, 0) is 23.1 Å². The largest absolute Gasteiger partial charge is 0.349 e. The third-order valence-corrected chi connectivity index (χ3v) is 5.16. The monoisotopic (exact) mass is 299 g/mol. The maximum atomic E-state index is 12.3. The summed E-state index contributed by atoms with van der Waals surface area (Å²) in [6.07, 6.45) is 3.69. The Morgan fingerprint density at radius 2 is 2.10 bits per heavy atom. The minimum atomic E-state index is -3.37. The molecule has 2 rings (SSSR count). The molecule has 6 heteroatoms. The third-order valence-electron chi connectivity index (χ3n) is 3.71. The Hall–Kier alpha value is -0.850. The number of nitrogens with one attached hydrogen (secondary N) is 2. The van der Waals surface area contributed by atoms with E-state index in [0.717, 1.165) is 31.6 Å². The summed E-state index contributed by atoms with van der Waals surface area (Å²) in [7, 11) is -3.37. The zero-order valence-electron chi connectivity index (χ0n) is 12.5. The predicted octanol–water partition coefficient (Wildman–Crippen LogP) is 1.69. The van der Waals surface area contributed by atoms with Crippen LogP contribution in [0.3, 0.4) is 0 Å². The first-order chi connectivity index (χ1) is 9.47. The summed E-state index contributed by atoms with van der Waals surface area (Å²) >= 11 is 0. The van der Waals surface area contributed by atoms with Crippen molar-refractivity contribution in [1.29, 1.82) is 0 Å². The van der Waals surface area contributed by atoms with Crippen LogP contribution in [0.5, 0.6) is 0 Å². The van der Waals surface area contributed by atoms with Crippen LogP contribution in [0, 0.1) is 5.92 Å². The molecule has 0 saturated heterocycles. The van der Waals surface area contributed by atoms with E-state index >= 15 is 0 Å². The molecule has 1 aliphatic carbocycles. The van der Waals surface area contributed by atoms with Crippen LogP contribution in [0.2, 0.25) is 0 Å². The summed E-state index contributed by atoms with van der Waals surface area (Å²) in [6, 6.07) is 1.90. The summed E-state index contributed by atoms with van der Waals surface area (Å²) in [6.45, 7) is 8.61. The molecule has 2 unspecified atom stereocenters. The van der Waals surface area contributed by atoms with Crippen molar-refractivity contribution >= 4 is 10.0 Å². The van der Waals surface area contributed by atoms with Crippen LogP contribution in [-0.4, -0.2) is 25.6 Å². The lowest BCUT2D eigenvalue weighted by Crippen LogP contribution is -2.26. The van der Waals surface area contributed by atoms with Gasteiger partial charge >= 0.3 is 0 Å². The molecule has 114 valence electrons. The Morgan fingerprint density at radius 3 is 2.65 bits per heavy atom. The van der Waals surface area contributed by atoms with E-state index in [9.17, 15) is 8.42 Å². The van der Waals surface area contributed by atoms with Crippen LogP contribution in [0.1, 0.15) is 39.3 Å². The normalized spacial score (nSPS) is 22.1. The van der Waals surface area contributed by atoms with Crippen molar-refractivity contribution in [3.63, 3.8) is 0 Å². The van der Waals surface area contributed by atoms with Gasteiger partial charge in [-0.2, -0.15) is 0 Å². The fraction of sp³-hybridized carbons (Fsp3) is 0.714. The minimum absolute atomic E-state index is 0.117. The highest BCUT2D eigenvalue weighted by molar-refractivity contribution is 7.89. The lowest BCUT2D eigenvalue weighted by Gasteiger charge is -2.07. The first-order valence-electron chi connectivity index (χ1n) is 7.40. The zero-order valence-corrected chi connectivity index (χ0v) is 13.3. The average molecular weight is 299 g/mol. The second-order valence-corrected chi connectivity index (χ2v) is 7.30. The summed E-state index contributed by atoms with van der Waals surface area (Å²) in [5.74, 6) is 0.462. The molecule has 0 spiro atoms. The Morgan fingerprint density at radius 1 is 1.40 bits per heavy atom. The molecule has 0 radical (unpaired) electrons. The number of hydrogen-bond donors (Lipinski definition) is 2. The first kappa shape index (κ1) is 15.5. The lowest BCUT2D eigenvalue weighted by molar-refractivity contribution is 0.577. The number of hydrogen-bond acceptors (Lipinski definition) is 3. The Bertz CT molecular complexity index is 551.